The Labute approximate surface area is 226 Å². The van der Waals surface area contributed by atoms with E-state index in [0.29, 0.717) is 40.3 Å². The molecule has 8 heteroatoms. The number of hydrogen-bond acceptors (Lipinski definition) is 6. The molecule has 1 atom stereocenters. The lowest BCUT2D eigenvalue weighted by Gasteiger charge is -2.26. The maximum absolute atomic E-state index is 13.2. The second-order valence-electron chi connectivity index (χ2n) is 9.11. The summed E-state index contributed by atoms with van der Waals surface area (Å²) in [5.74, 6) is 0. The van der Waals surface area contributed by atoms with Gasteiger partial charge in [-0.3, -0.25) is 14.3 Å². The van der Waals surface area contributed by atoms with Crippen LogP contribution >= 0.6 is 0 Å². The topological polar surface area (TPSA) is 108 Å². The molecule has 2 heterocycles. The Morgan fingerprint density at radius 3 is 2.45 bits per heavy atom. The number of anilines is 1. The fourth-order valence-corrected chi connectivity index (χ4v) is 4.97. The normalized spacial score (nSPS) is 12.9. The number of aliphatic imine (C=N–C) groups is 1. The highest BCUT2D eigenvalue weighted by atomic mass is 32.2. The molecule has 192 valence electrons. The van der Waals surface area contributed by atoms with Gasteiger partial charge in [0.05, 0.1) is 29.2 Å². The number of aromatic nitrogens is 2. The van der Waals surface area contributed by atoms with Crippen molar-refractivity contribution >= 4 is 33.3 Å². The summed E-state index contributed by atoms with van der Waals surface area (Å²) in [7, 11) is -1.45. The van der Waals surface area contributed by atoms with E-state index >= 15 is 0 Å². The lowest BCUT2D eigenvalue weighted by Crippen LogP contribution is -2.27. The molecule has 0 amide bonds. The Balaban J connectivity index is 1.89. The summed E-state index contributed by atoms with van der Waals surface area (Å²) in [5, 5.41) is 11.2. The summed E-state index contributed by atoms with van der Waals surface area (Å²) in [6.45, 7) is 6.09. The quantitative estimate of drug-likeness (QED) is 0.306. The first-order chi connectivity index (χ1) is 18.3. The molecule has 38 heavy (non-hydrogen) atoms. The van der Waals surface area contributed by atoms with E-state index in [0.717, 1.165) is 22.2 Å². The van der Waals surface area contributed by atoms with Crippen molar-refractivity contribution < 1.29 is 4.21 Å². The largest absolute Gasteiger partial charge is 0.404 e. The fourth-order valence-electron chi connectivity index (χ4n) is 4.20. The Hall–Kier alpha value is -4.35. The molecule has 0 spiro atoms. The number of nitriles is 1. The highest BCUT2D eigenvalue weighted by Gasteiger charge is 2.25. The molecule has 0 saturated heterocycles. The van der Waals surface area contributed by atoms with E-state index in [4.69, 9.17) is 15.7 Å². The molecule has 1 unspecified atom stereocenters. The third-order valence-electron chi connectivity index (χ3n) is 6.01. The maximum Gasteiger partial charge on any atom is 0.116 e. The molecular formula is C30H30N6OS. The molecule has 0 aliphatic carbocycles. The van der Waals surface area contributed by atoms with Crippen LogP contribution in [0.4, 0.5) is 5.69 Å². The van der Waals surface area contributed by atoms with Crippen LogP contribution in [0.2, 0.25) is 0 Å². The molecule has 0 aliphatic heterocycles. The van der Waals surface area contributed by atoms with Crippen LogP contribution in [-0.2, 0) is 17.5 Å². The number of fused-ring (bicyclic) bond motifs is 1. The molecule has 0 radical (unpaired) electrons. The Morgan fingerprint density at radius 2 is 1.84 bits per heavy atom. The summed E-state index contributed by atoms with van der Waals surface area (Å²) in [6.07, 6.45) is 4.85. The highest BCUT2D eigenvalue weighted by Crippen LogP contribution is 2.35. The molecule has 2 N–H and O–H groups in total. The van der Waals surface area contributed by atoms with Gasteiger partial charge in [0.15, 0.2) is 0 Å². The molecule has 0 fully saturated rings. The molecule has 2 aromatic carbocycles. The second kappa shape index (κ2) is 11.8. The van der Waals surface area contributed by atoms with Gasteiger partial charge in [-0.25, -0.2) is 9.19 Å². The number of allylic oxidation sites excluding steroid dienone is 1. The molecule has 0 saturated carbocycles. The summed E-state index contributed by atoms with van der Waals surface area (Å²) >= 11 is 0. The zero-order valence-corrected chi connectivity index (χ0v) is 22.7. The van der Waals surface area contributed by atoms with Crippen LogP contribution in [0.5, 0.6) is 0 Å². The SMILES string of the molecule is C/C(=C/N)C(=NC(C)C)c1nc2ccccc2c(N(Cc2ccc(-c3ccccn3)cc2)S(C)=O)c1C#N. The van der Waals surface area contributed by atoms with Gasteiger partial charge < -0.3 is 5.73 Å². The lowest BCUT2D eigenvalue weighted by molar-refractivity contribution is 0.682. The minimum Gasteiger partial charge on any atom is -0.404 e. The molecule has 4 aromatic rings. The first-order valence-corrected chi connectivity index (χ1v) is 13.8. The first kappa shape index (κ1) is 26.7. The van der Waals surface area contributed by atoms with Gasteiger partial charge in [-0.1, -0.05) is 48.5 Å². The monoisotopic (exact) mass is 522 g/mol. The molecule has 7 nitrogen and oxygen atoms in total. The van der Waals surface area contributed by atoms with E-state index in [9.17, 15) is 9.47 Å². The van der Waals surface area contributed by atoms with Crippen molar-refractivity contribution in [3.63, 3.8) is 0 Å². The minimum atomic E-state index is -1.45. The standard InChI is InChI=1S/C30H30N6OS/c1-20(2)34-28(21(3)17-31)29-25(18-32)30(24-9-5-6-11-27(24)35-29)36(38(4)37)19-22-12-14-23(15-13-22)26-10-7-8-16-33-26/h5-17,20H,19,31H2,1-4H3/b21-17-,34-28?. The van der Waals surface area contributed by atoms with Crippen LogP contribution in [0.15, 0.2) is 89.7 Å². The summed E-state index contributed by atoms with van der Waals surface area (Å²) in [6, 6.07) is 23.6. The van der Waals surface area contributed by atoms with Crippen LogP contribution in [0.1, 0.15) is 37.6 Å². The van der Waals surface area contributed by atoms with Crippen molar-refractivity contribution in [1.29, 1.82) is 5.26 Å². The Morgan fingerprint density at radius 1 is 1.13 bits per heavy atom. The van der Waals surface area contributed by atoms with Crippen LogP contribution in [0.3, 0.4) is 0 Å². The average molecular weight is 523 g/mol. The number of rotatable bonds is 8. The van der Waals surface area contributed by atoms with Crippen LogP contribution in [-0.4, -0.2) is 32.2 Å². The van der Waals surface area contributed by atoms with E-state index in [1.54, 1.807) is 16.8 Å². The second-order valence-corrected chi connectivity index (χ2v) is 10.4. The number of nitrogens with zero attached hydrogens (tertiary/aromatic N) is 5. The highest BCUT2D eigenvalue weighted by molar-refractivity contribution is 7.85. The van der Waals surface area contributed by atoms with Crippen LogP contribution < -0.4 is 10.0 Å². The van der Waals surface area contributed by atoms with Crippen molar-refractivity contribution in [1.82, 2.24) is 9.97 Å². The number of nitrogens with two attached hydrogens (primary N) is 1. The van der Waals surface area contributed by atoms with Gasteiger partial charge in [0.1, 0.15) is 28.3 Å². The summed E-state index contributed by atoms with van der Waals surface area (Å²) < 4.78 is 15.0. The first-order valence-electron chi connectivity index (χ1n) is 12.2. The Kier molecular flexibility index (Phi) is 8.29. The zero-order valence-electron chi connectivity index (χ0n) is 21.9. The lowest BCUT2D eigenvalue weighted by atomic mass is 9.99. The molecule has 0 bridgehead atoms. The van der Waals surface area contributed by atoms with E-state index in [1.807, 2.05) is 87.5 Å². The van der Waals surface area contributed by atoms with E-state index < -0.39 is 11.0 Å². The number of pyridine rings is 2. The van der Waals surface area contributed by atoms with E-state index in [-0.39, 0.29) is 6.04 Å². The van der Waals surface area contributed by atoms with Gasteiger partial charge in [0, 0.05) is 29.4 Å². The molecular weight excluding hydrogens is 492 g/mol. The van der Waals surface area contributed by atoms with Crippen LogP contribution in [0, 0.1) is 11.3 Å². The molecule has 2 aromatic heterocycles. The van der Waals surface area contributed by atoms with Crippen molar-refractivity contribution in [3.05, 3.63) is 102 Å². The summed E-state index contributed by atoms with van der Waals surface area (Å²) in [4.78, 5) is 14.0. The van der Waals surface area contributed by atoms with Gasteiger partial charge in [0.2, 0.25) is 0 Å². The van der Waals surface area contributed by atoms with Gasteiger partial charge in [-0.15, -0.1) is 0 Å². The van der Waals surface area contributed by atoms with Crippen LogP contribution in [0.25, 0.3) is 22.2 Å². The average Bonchev–Trinajstić information content (AvgIpc) is 2.94. The molecule has 0 aliphatic rings. The van der Waals surface area contributed by atoms with Gasteiger partial charge >= 0.3 is 0 Å². The number of para-hydroxylation sites is 1. The van der Waals surface area contributed by atoms with Gasteiger partial charge in [-0.2, -0.15) is 5.26 Å². The fraction of sp³-hybridized carbons (Fsp3) is 0.200. The minimum absolute atomic E-state index is 0.0443. The Bertz CT molecular complexity index is 1570. The van der Waals surface area contributed by atoms with Crippen molar-refractivity contribution in [3.8, 4) is 17.3 Å². The van der Waals surface area contributed by atoms with E-state index in [2.05, 4.69) is 11.1 Å². The van der Waals surface area contributed by atoms with Crippen molar-refractivity contribution in [2.45, 2.75) is 33.4 Å². The van der Waals surface area contributed by atoms with Crippen molar-refractivity contribution in [2.75, 3.05) is 10.6 Å². The third-order valence-corrected chi connectivity index (χ3v) is 6.94. The predicted molar refractivity (Wildman–Crippen MR) is 156 cm³/mol. The summed E-state index contributed by atoms with van der Waals surface area (Å²) in [5.41, 5.74) is 11.9. The van der Waals surface area contributed by atoms with Gasteiger partial charge in [-0.05, 0) is 56.3 Å². The van der Waals surface area contributed by atoms with Gasteiger partial charge in [0.25, 0.3) is 0 Å². The number of benzene rings is 2. The zero-order chi connectivity index (χ0) is 27.2. The predicted octanol–water partition coefficient (Wildman–Crippen LogP) is 5.53. The van der Waals surface area contributed by atoms with E-state index in [1.165, 1.54) is 6.20 Å². The molecule has 4 rings (SSSR count). The third kappa shape index (κ3) is 5.63. The van der Waals surface area contributed by atoms with Crippen molar-refractivity contribution in [2.24, 2.45) is 10.7 Å². The smallest absolute Gasteiger partial charge is 0.116 e. The maximum atomic E-state index is 13.2. The number of hydrogen-bond donors (Lipinski definition) is 1.